The third-order valence-corrected chi connectivity index (χ3v) is 6.54. The Bertz CT molecular complexity index is 515. The summed E-state index contributed by atoms with van der Waals surface area (Å²) in [7, 11) is -3.30. The number of amides is 1. The van der Waals surface area contributed by atoms with Gasteiger partial charge in [0.15, 0.2) is 0 Å². The normalized spacial score (nSPS) is 26.8. The Kier molecular flexibility index (Phi) is 7.03. The summed E-state index contributed by atoms with van der Waals surface area (Å²) in [6.07, 6.45) is 1.76. The highest BCUT2D eigenvalue weighted by Gasteiger charge is 2.33. The summed E-state index contributed by atoms with van der Waals surface area (Å²) in [4.78, 5) is 14.4. The number of carbonyl (C=O) groups is 1. The molecular weight excluding hydrogens is 330 g/mol. The fourth-order valence-corrected chi connectivity index (χ4v) is 4.60. The van der Waals surface area contributed by atoms with Gasteiger partial charge in [-0.15, -0.1) is 0 Å². The van der Waals surface area contributed by atoms with Crippen LogP contribution in [0.5, 0.6) is 0 Å². The highest BCUT2D eigenvalue weighted by molar-refractivity contribution is 7.89. The lowest BCUT2D eigenvalue weighted by Gasteiger charge is -2.37. The maximum absolute atomic E-state index is 12.6. The van der Waals surface area contributed by atoms with Crippen LogP contribution in [-0.2, 0) is 19.6 Å². The second-order valence-corrected chi connectivity index (χ2v) is 9.12. The molecule has 2 fully saturated rings. The van der Waals surface area contributed by atoms with Crippen LogP contribution in [0.25, 0.3) is 0 Å². The van der Waals surface area contributed by atoms with Crippen molar-refractivity contribution < 1.29 is 17.9 Å². The molecular formula is C16H31N3O4S. The van der Waals surface area contributed by atoms with Gasteiger partial charge in [0.1, 0.15) is 0 Å². The first-order valence-corrected chi connectivity index (χ1v) is 10.5. The number of rotatable bonds is 6. The third kappa shape index (κ3) is 5.40. The highest BCUT2D eigenvalue weighted by Crippen LogP contribution is 2.20. The predicted molar refractivity (Wildman–Crippen MR) is 93.2 cm³/mol. The highest BCUT2D eigenvalue weighted by atomic mass is 32.2. The largest absolute Gasteiger partial charge is 0.378 e. The molecule has 2 atom stereocenters. The second kappa shape index (κ2) is 8.60. The van der Waals surface area contributed by atoms with Crippen molar-refractivity contribution in [3.05, 3.63) is 0 Å². The average Bonchev–Trinajstić information content (AvgIpc) is 2.54. The van der Waals surface area contributed by atoms with Gasteiger partial charge in [-0.05, 0) is 40.2 Å². The molecule has 1 amide bonds. The molecule has 2 aliphatic heterocycles. The standard InChI is InChI=1S/C16H31N3O4S/c1-13(2)23-10-11-24(21,22)19-8-6-18(7-9-19)16(20)15-4-5-17-14(3)12-15/h13-15,17H,4-12H2,1-3H3/t14-,15-/m0/s1. The molecule has 7 nitrogen and oxygen atoms in total. The zero-order chi connectivity index (χ0) is 17.7. The van der Waals surface area contributed by atoms with Crippen LogP contribution in [0.2, 0.25) is 0 Å². The van der Waals surface area contributed by atoms with Crippen LogP contribution in [0.15, 0.2) is 0 Å². The van der Waals surface area contributed by atoms with Gasteiger partial charge in [-0.2, -0.15) is 4.31 Å². The van der Waals surface area contributed by atoms with Crippen LogP contribution >= 0.6 is 0 Å². The van der Waals surface area contributed by atoms with Gasteiger partial charge >= 0.3 is 0 Å². The summed E-state index contributed by atoms with van der Waals surface area (Å²) in [5.74, 6) is 0.262. The summed E-state index contributed by atoms with van der Waals surface area (Å²) in [6, 6.07) is 0.371. The topological polar surface area (TPSA) is 79.0 Å². The summed E-state index contributed by atoms with van der Waals surface area (Å²) >= 11 is 0. The van der Waals surface area contributed by atoms with E-state index in [-0.39, 0.29) is 30.3 Å². The fourth-order valence-electron chi connectivity index (χ4n) is 3.32. The van der Waals surface area contributed by atoms with Gasteiger partial charge in [0, 0.05) is 38.1 Å². The van der Waals surface area contributed by atoms with E-state index in [0.717, 1.165) is 19.4 Å². The van der Waals surface area contributed by atoms with E-state index >= 15 is 0 Å². The Hall–Kier alpha value is -0.700. The molecule has 0 saturated carbocycles. The summed E-state index contributed by atoms with van der Waals surface area (Å²) < 4.78 is 31.5. The summed E-state index contributed by atoms with van der Waals surface area (Å²) in [5.41, 5.74) is 0. The number of nitrogens with zero attached hydrogens (tertiary/aromatic N) is 2. The van der Waals surface area contributed by atoms with E-state index in [1.54, 1.807) is 0 Å². The summed E-state index contributed by atoms with van der Waals surface area (Å²) in [6.45, 7) is 8.71. The van der Waals surface area contributed by atoms with Crippen LogP contribution in [0, 0.1) is 5.92 Å². The zero-order valence-electron chi connectivity index (χ0n) is 15.0. The van der Waals surface area contributed by atoms with Crippen molar-refractivity contribution in [1.82, 2.24) is 14.5 Å². The van der Waals surface area contributed by atoms with Crippen molar-refractivity contribution in [2.45, 2.75) is 45.8 Å². The second-order valence-electron chi connectivity index (χ2n) is 7.04. The molecule has 2 heterocycles. The van der Waals surface area contributed by atoms with E-state index in [0.29, 0.717) is 32.2 Å². The molecule has 24 heavy (non-hydrogen) atoms. The van der Waals surface area contributed by atoms with Crippen molar-refractivity contribution in [2.75, 3.05) is 45.1 Å². The summed E-state index contributed by atoms with van der Waals surface area (Å²) in [5, 5.41) is 3.35. The van der Waals surface area contributed by atoms with Crippen LogP contribution in [-0.4, -0.2) is 80.8 Å². The Balaban J connectivity index is 1.81. The number of nitrogens with one attached hydrogen (secondary N) is 1. The van der Waals surface area contributed by atoms with Gasteiger partial charge in [0.25, 0.3) is 0 Å². The van der Waals surface area contributed by atoms with Gasteiger partial charge in [-0.1, -0.05) is 0 Å². The molecule has 0 aromatic rings. The van der Waals surface area contributed by atoms with Crippen LogP contribution in [0.4, 0.5) is 0 Å². The van der Waals surface area contributed by atoms with E-state index in [4.69, 9.17) is 4.74 Å². The number of piperidine rings is 1. The van der Waals surface area contributed by atoms with Gasteiger partial charge in [0.05, 0.1) is 18.5 Å². The van der Waals surface area contributed by atoms with E-state index in [9.17, 15) is 13.2 Å². The number of sulfonamides is 1. The minimum Gasteiger partial charge on any atom is -0.378 e. The van der Waals surface area contributed by atoms with Gasteiger partial charge in [-0.3, -0.25) is 4.79 Å². The Morgan fingerprint density at radius 1 is 1.25 bits per heavy atom. The Morgan fingerprint density at radius 3 is 2.50 bits per heavy atom. The van der Waals surface area contributed by atoms with E-state index in [1.165, 1.54) is 4.31 Å². The average molecular weight is 362 g/mol. The lowest BCUT2D eigenvalue weighted by molar-refractivity contribution is -0.137. The van der Waals surface area contributed by atoms with Crippen LogP contribution < -0.4 is 5.32 Å². The molecule has 0 aromatic carbocycles. The Morgan fingerprint density at radius 2 is 1.92 bits per heavy atom. The molecule has 0 aromatic heterocycles. The molecule has 140 valence electrons. The first-order valence-electron chi connectivity index (χ1n) is 8.91. The molecule has 2 rings (SSSR count). The number of carbonyl (C=O) groups excluding carboxylic acids is 1. The van der Waals surface area contributed by atoms with E-state index in [1.807, 2.05) is 18.7 Å². The smallest absolute Gasteiger partial charge is 0.225 e. The molecule has 0 unspecified atom stereocenters. The maximum atomic E-state index is 12.6. The first kappa shape index (κ1) is 19.6. The van der Waals surface area contributed by atoms with Gasteiger partial charge in [-0.25, -0.2) is 8.42 Å². The molecule has 0 aliphatic carbocycles. The lowest BCUT2D eigenvalue weighted by Crippen LogP contribution is -2.53. The van der Waals surface area contributed by atoms with Crippen molar-refractivity contribution >= 4 is 15.9 Å². The van der Waals surface area contributed by atoms with Crippen molar-refractivity contribution in [3.63, 3.8) is 0 Å². The van der Waals surface area contributed by atoms with Crippen molar-refractivity contribution in [1.29, 1.82) is 0 Å². The van der Waals surface area contributed by atoms with Crippen molar-refractivity contribution in [3.8, 4) is 0 Å². The molecule has 0 bridgehead atoms. The van der Waals surface area contributed by atoms with Crippen molar-refractivity contribution in [2.24, 2.45) is 5.92 Å². The molecule has 2 aliphatic rings. The number of hydrogen-bond acceptors (Lipinski definition) is 5. The maximum Gasteiger partial charge on any atom is 0.225 e. The quantitative estimate of drug-likeness (QED) is 0.735. The third-order valence-electron chi connectivity index (χ3n) is 4.71. The predicted octanol–water partition coefficient (Wildman–Crippen LogP) is 0.274. The molecule has 1 N–H and O–H groups in total. The molecule has 0 spiro atoms. The van der Waals surface area contributed by atoms with Gasteiger partial charge in [0.2, 0.25) is 15.9 Å². The molecule has 8 heteroatoms. The lowest BCUT2D eigenvalue weighted by atomic mass is 9.92. The number of piperazine rings is 1. The molecule has 0 radical (unpaired) electrons. The minimum absolute atomic E-state index is 0.00490. The van der Waals surface area contributed by atoms with Gasteiger partial charge < -0.3 is 15.0 Å². The van der Waals surface area contributed by atoms with E-state index < -0.39 is 10.0 Å². The zero-order valence-corrected chi connectivity index (χ0v) is 15.8. The SMILES string of the molecule is CC(C)OCCS(=O)(=O)N1CCN(C(=O)[C@H]2CCN[C@@H](C)C2)CC1. The Labute approximate surface area is 145 Å². The van der Waals surface area contributed by atoms with Crippen LogP contribution in [0.1, 0.15) is 33.6 Å². The monoisotopic (exact) mass is 361 g/mol. The van der Waals surface area contributed by atoms with E-state index in [2.05, 4.69) is 12.2 Å². The number of hydrogen-bond donors (Lipinski definition) is 1. The number of ether oxygens (including phenoxy) is 1. The fraction of sp³-hybridized carbons (Fsp3) is 0.938. The molecule has 2 saturated heterocycles. The van der Waals surface area contributed by atoms with Crippen LogP contribution in [0.3, 0.4) is 0 Å². The minimum atomic E-state index is -3.30. The first-order chi connectivity index (χ1) is 11.3.